The lowest BCUT2D eigenvalue weighted by Crippen LogP contribution is -2.24. The standard InChI is InChI=1S/C18H21NO2/c1-11-5-4-6-14(12(11)2)18-10-16(19)15-9-13(20-3)7-8-17(15)21-18/h4-9,16,18H,10,19H2,1-3H3. The van der Waals surface area contributed by atoms with Gasteiger partial charge in [0.25, 0.3) is 0 Å². The van der Waals surface area contributed by atoms with Crippen molar-refractivity contribution in [2.24, 2.45) is 5.73 Å². The van der Waals surface area contributed by atoms with Crippen molar-refractivity contribution in [2.75, 3.05) is 7.11 Å². The topological polar surface area (TPSA) is 44.5 Å². The number of methoxy groups -OCH3 is 1. The number of rotatable bonds is 2. The van der Waals surface area contributed by atoms with Gasteiger partial charge in [-0.3, -0.25) is 0 Å². The van der Waals surface area contributed by atoms with Crippen molar-refractivity contribution in [2.45, 2.75) is 32.4 Å². The van der Waals surface area contributed by atoms with E-state index in [1.807, 2.05) is 18.2 Å². The molecule has 110 valence electrons. The minimum Gasteiger partial charge on any atom is -0.497 e. The van der Waals surface area contributed by atoms with Crippen molar-refractivity contribution in [1.29, 1.82) is 0 Å². The molecule has 0 saturated heterocycles. The van der Waals surface area contributed by atoms with Crippen LogP contribution in [0.25, 0.3) is 0 Å². The highest BCUT2D eigenvalue weighted by Gasteiger charge is 2.28. The van der Waals surface area contributed by atoms with E-state index in [0.29, 0.717) is 0 Å². The molecule has 2 aromatic carbocycles. The second kappa shape index (κ2) is 5.41. The molecule has 0 amide bonds. The number of benzene rings is 2. The second-order valence-electron chi connectivity index (χ2n) is 5.64. The Morgan fingerprint density at radius 3 is 2.71 bits per heavy atom. The molecule has 0 aromatic heterocycles. The lowest BCUT2D eigenvalue weighted by Gasteiger charge is -2.31. The molecule has 3 rings (SSSR count). The molecule has 0 fully saturated rings. The molecule has 0 spiro atoms. The van der Waals surface area contributed by atoms with E-state index in [1.165, 1.54) is 16.7 Å². The molecule has 0 saturated carbocycles. The van der Waals surface area contributed by atoms with E-state index in [1.54, 1.807) is 7.11 Å². The quantitative estimate of drug-likeness (QED) is 0.911. The zero-order valence-corrected chi connectivity index (χ0v) is 12.7. The third-order valence-corrected chi connectivity index (χ3v) is 4.35. The first-order valence-electron chi connectivity index (χ1n) is 7.26. The van der Waals surface area contributed by atoms with E-state index >= 15 is 0 Å². The van der Waals surface area contributed by atoms with Crippen molar-refractivity contribution in [3.63, 3.8) is 0 Å². The summed E-state index contributed by atoms with van der Waals surface area (Å²) in [4.78, 5) is 0. The van der Waals surface area contributed by atoms with Crippen LogP contribution in [-0.4, -0.2) is 7.11 Å². The van der Waals surface area contributed by atoms with Gasteiger partial charge < -0.3 is 15.2 Å². The predicted octanol–water partition coefficient (Wildman–Crippen LogP) is 3.84. The highest BCUT2D eigenvalue weighted by atomic mass is 16.5. The molecule has 2 unspecified atom stereocenters. The number of fused-ring (bicyclic) bond motifs is 1. The minimum atomic E-state index is -0.0336. The fourth-order valence-electron chi connectivity index (χ4n) is 2.92. The highest BCUT2D eigenvalue weighted by molar-refractivity contribution is 5.45. The van der Waals surface area contributed by atoms with Gasteiger partial charge in [-0.2, -0.15) is 0 Å². The Kier molecular flexibility index (Phi) is 3.60. The van der Waals surface area contributed by atoms with E-state index in [4.69, 9.17) is 15.2 Å². The lowest BCUT2D eigenvalue weighted by atomic mass is 9.90. The molecule has 2 N–H and O–H groups in total. The van der Waals surface area contributed by atoms with Gasteiger partial charge in [0.05, 0.1) is 7.11 Å². The summed E-state index contributed by atoms with van der Waals surface area (Å²) in [5.41, 5.74) is 11.2. The van der Waals surface area contributed by atoms with Crippen LogP contribution in [0.2, 0.25) is 0 Å². The average Bonchev–Trinajstić information content (AvgIpc) is 2.49. The Labute approximate surface area is 125 Å². The van der Waals surface area contributed by atoms with Crippen LogP contribution in [0, 0.1) is 13.8 Å². The highest BCUT2D eigenvalue weighted by Crippen LogP contribution is 2.42. The summed E-state index contributed by atoms with van der Waals surface area (Å²) in [6.45, 7) is 4.27. The Balaban J connectivity index is 1.97. The summed E-state index contributed by atoms with van der Waals surface area (Å²) in [5.74, 6) is 1.68. The van der Waals surface area contributed by atoms with E-state index in [2.05, 4.69) is 32.0 Å². The van der Waals surface area contributed by atoms with Gasteiger partial charge in [0.1, 0.15) is 17.6 Å². The summed E-state index contributed by atoms with van der Waals surface area (Å²) >= 11 is 0. The number of hydrogen-bond acceptors (Lipinski definition) is 3. The van der Waals surface area contributed by atoms with E-state index in [0.717, 1.165) is 23.5 Å². The first-order valence-corrected chi connectivity index (χ1v) is 7.26. The maximum atomic E-state index is 6.35. The zero-order valence-electron chi connectivity index (χ0n) is 12.7. The molecule has 0 radical (unpaired) electrons. The third-order valence-electron chi connectivity index (χ3n) is 4.35. The maximum absolute atomic E-state index is 6.35. The van der Waals surface area contributed by atoms with Gasteiger partial charge in [-0.15, -0.1) is 0 Å². The predicted molar refractivity (Wildman–Crippen MR) is 83.8 cm³/mol. The first-order chi connectivity index (χ1) is 10.1. The summed E-state index contributed by atoms with van der Waals surface area (Å²) < 4.78 is 11.5. The summed E-state index contributed by atoms with van der Waals surface area (Å²) in [6.07, 6.45) is 0.797. The Hall–Kier alpha value is -2.00. The molecule has 1 aliphatic rings. The van der Waals surface area contributed by atoms with Crippen LogP contribution in [-0.2, 0) is 0 Å². The van der Waals surface area contributed by atoms with Crippen LogP contribution in [0.1, 0.15) is 40.8 Å². The van der Waals surface area contributed by atoms with Gasteiger partial charge in [-0.1, -0.05) is 18.2 Å². The Bertz CT molecular complexity index is 666. The van der Waals surface area contributed by atoms with Crippen LogP contribution < -0.4 is 15.2 Å². The summed E-state index contributed by atoms with van der Waals surface area (Å²) in [6, 6.07) is 12.1. The first kappa shape index (κ1) is 14.0. The molecule has 1 aliphatic heterocycles. The minimum absolute atomic E-state index is 0.0146. The van der Waals surface area contributed by atoms with Gasteiger partial charge in [0.15, 0.2) is 0 Å². The number of hydrogen-bond donors (Lipinski definition) is 1. The Morgan fingerprint density at radius 2 is 1.95 bits per heavy atom. The molecule has 3 nitrogen and oxygen atoms in total. The van der Waals surface area contributed by atoms with Gasteiger partial charge in [0.2, 0.25) is 0 Å². The zero-order chi connectivity index (χ0) is 15.0. The van der Waals surface area contributed by atoms with Crippen molar-refractivity contribution >= 4 is 0 Å². The van der Waals surface area contributed by atoms with Crippen LogP contribution >= 0.6 is 0 Å². The van der Waals surface area contributed by atoms with E-state index in [9.17, 15) is 0 Å². The van der Waals surface area contributed by atoms with Crippen molar-refractivity contribution in [3.05, 3.63) is 58.7 Å². The van der Waals surface area contributed by atoms with E-state index in [-0.39, 0.29) is 12.1 Å². The number of nitrogens with two attached hydrogens (primary N) is 1. The fourth-order valence-corrected chi connectivity index (χ4v) is 2.92. The largest absolute Gasteiger partial charge is 0.497 e. The van der Waals surface area contributed by atoms with Crippen molar-refractivity contribution < 1.29 is 9.47 Å². The van der Waals surface area contributed by atoms with Gasteiger partial charge in [-0.05, 0) is 48.7 Å². The Morgan fingerprint density at radius 1 is 1.14 bits per heavy atom. The molecule has 2 atom stereocenters. The smallest absolute Gasteiger partial charge is 0.126 e. The monoisotopic (exact) mass is 283 g/mol. The van der Waals surface area contributed by atoms with Crippen molar-refractivity contribution in [1.82, 2.24) is 0 Å². The van der Waals surface area contributed by atoms with Gasteiger partial charge in [0, 0.05) is 18.0 Å². The SMILES string of the molecule is COc1ccc2c(c1)C(N)CC(c1cccc(C)c1C)O2. The normalized spacial score (nSPS) is 20.6. The molecule has 1 heterocycles. The second-order valence-corrected chi connectivity index (χ2v) is 5.64. The number of aryl methyl sites for hydroxylation is 1. The molecule has 2 aromatic rings. The van der Waals surface area contributed by atoms with Crippen LogP contribution in [0.4, 0.5) is 0 Å². The maximum Gasteiger partial charge on any atom is 0.126 e. The van der Waals surface area contributed by atoms with Crippen LogP contribution in [0.5, 0.6) is 11.5 Å². The lowest BCUT2D eigenvalue weighted by molar-refractivity contribution is 0.160. The number of ether oxygens (including phenoxy) is 2. The molecular weight excluding hydrogens is 262 g/mol. The average molecular weight is 283 g/mol. The van der Waals surface area contributed by atoms with Gasteiger partial charge >= 0.3 is 0 Å². The summed E-state index contributed by atoms with van der Waals surface area (Å²) in [5, 5.41) is 0. The van der Waals surface area contributed by atoms with E-state index < -0.39 is 0 Å². The molecule has 21 heavy (non-hydrogen) atoms. The molecule has 0 bridgehead atoms. The molecule has 3 heteroatoms. The summed E-state index contributed by atoms with van der Waals surface area (Å²) in [7, 11) is 1.66. The third kappa shape index (κ3) is 2.49. The van der Waals surface area contributed by atoms with Crippen molar-refractivity contribution in [3.8, 4) is 11.5 Å². The van der Waals surface area contributed by atoms with Crippen LogP contribution in [0.3, 0.4) is 0 Å². The van der Waals surface area contributed by atoms with Crippen LogP contribution in [0.15, 0.2) is 36.4 Å². The molecular formula is C18H21NO2. The van der Waals surface area contributed by atoms with Gasteiger partial charge in [-0.25, -0.2) is 0 Å². The molecule has 0 aliphatic carbocycles. The fraction of sp³-hybridized carbons (Fsp3) is 0.333.